The Balaban J connectivity index is 1.21. The van der Waals surface area contributed by atoms with E-state index in [9.17, 15) is 28.8 Å². The number of anilines is 2. The van der Waals surface area contributed by atoms with Crippen LogP contribution in [-0.2, 0) is 36.7 Å². The van der Waals surface area contributed by atoms with Crippen molar-refractivity contribution in [3.8, 4) is 0 Å². The molecule has 7 heterocycles. The number of nitrogens with two attached hydrogens (primary N) is 2. The quantitative estimate of drug-likeness (QED) is 0.140. The molecule has 3 aliphatic rings. The Hall–Kier alpha value is -3.40. The first-order valence-electron chi connectivity index (χ1n) is 13.3. The molecule has 242 valence electrons. The van der Waals surface area contributed by atoms with Gasteiger partial charge >= 0.3 is 15.6 Å². The predicted molar refractivity (Wildman–Crippen MR) is 147 cm³/mol. The number of nitrogen functional groups attached to an aromatic ring is 2. The third kappa shape index (κ3) is 5.42. The van der Waals surface area contributed by atoms with Crippen LogP contribution in [0.25, 0.3) is 22.3 Å². The van der Waals surface area contributed by atoms with Gasteiger partial charge in [-0.15, -0.1) is 0 Å². The Morgan fingerprint density at radius 3 is 2.44 bits per heavy atom. The lowest BCUT2D eigenvalue weighted by Crippen LogP contribution is -2.40. The van der Waals surface area contributed by atoms with E-state index in [1.165, 1.54) is 35.0 Å². The maximum absolute atomic E-state index is 13.4. The molecule has 2 unspecified atom stereocenters. The van der Waals surface area contributed by atoms with Crippen molar-refractivity contribution in [1.82, 2.24) is 39.0 Å². The van der Waals surface area contributed by atoms with Gasteiger partial charge in [0, 0.05) is 6.42 Å². The summed E-state index contributed by atoms with van der Waals surface area (Å²) < 4.78 is 62.5. The van der Waals surface area contributed by atoms with Crippen LogP contribution < -0.4 is 17.0 Å². The number of aromatic nitrogens is 8. The van der Waals surface area contributed by atoms with Gasteiger partial charge in [-0.3, -0.25) is 37.0 Å². The van der Waals surface area contributed by atoms with Crippen LogP contribution in [0, 0.1) is 0 Å². The Bertz CT molecular complexity index is 1940. The molecule has 10 atom stereocenters. The molecule has 8 N–H and O–H groups in total. The van der Waals surface area contributed by atoms with E-state index in [2.05, 4.69) is 29.9 Å². The molecule has 0 amide bonds. The van der Waals surface area contributed by atoms with Crippen molar-refractivity contribution in [3.63, 3.8) is 0 Å². The molecule has 3 saturated heterocycles. The van der Waals surface area contributed by atoms with Crippen molar-refractivity contribution in [2.45, 2.75) is 62.4 Å². The third-order valence-electron chi connectivity index (χ3n) is 7.49. The highest BCUT2D eigenvalue weighted by Crippen LogP contribution is 2.55. The van der Waals surface area contributed by atoms with E-state index in [-0.39, 0.29) is 40.5 Å². The number of nitrogens with one attached hydrogen (secondary N) is 1. The highest BCUT2D eigenvalue weighted by atomic mass is 31.2. The minimum absolute atomic E-state index is 0.0166. The molecule has 45 heavy (non-hydrogen) atoms. The predicted octanol–water partition coefficient (Wildman–Crippen LogP) is -0.924. The number of phosphoric acid groups is 2. The first-order valence-corrected chi connectivity index (χ1v) is 16.3. The molecule has 0 spiro atoms. The van der Waals surface area contributed by atoms with E-state index in [4.69, 9.17) is 39.0 Å². The zero-order valence-corrected chi connectivity index (χ0v) is 24.7. The summed E-state index contributed by atoms with van der Waals surface area (Å²) in [5, 5.41) is 11.2. The van der Waals surface area contributed by atoms with Crippen LogP contribution in [0.15, 0.2) is 23.8 Å². The normalized spacial score (nSPS) is 37.7. The van der Waals surface area contributed by atoms with Gasteiger partial charge in [-0.25, -0.2) is 29.1 Å². The lowest BCUT2D eigenvalue weighted by atomic mass is 10.1. The number of aromatic amines is 1. The number of H-pyrrole nitrogens is 1. The summed E-state index contributed by atoms with van der Waals surface area (Å²) in [7, 11) is -9.93. The fourth-order valence-corrected chi connectivity index (χ4v) is 7.67. The zero-order chi connectivity index (χ0) is 31.8. The fourth-order valence-electron chi connectivity index (χ4n) is 5.58. The van der Waals surface area contributed by atoms with E-state index in [1.54, 1.807) is 0 Å². The third-order valence-corrected chi connectivity index (χ3v) is 9.61. The molecule has 0 saturated carbocycles. The second-order valence-corrected chi connectivity index (χ2v) is 13.2. The lowest BCUT2D eigenvalue weighted by Gasteiger charge is -2.29. The van der Waals surface area contributed by atoms with E-state index in [1.807, 2.05) is 0 Å². The topological polar surface area (TPSA) is 309 Å². The molecule has 4 aromatic heterocycles. The fraction of sp³-hybridized carbons (Fsp3) is 0.524. The molecular weight excluding hydrogens is 646 g/mol. The van der Waals surface area contributed by atoms with Crippen molar-refractivity contribution < 1.29 is 51.6 Å². The van der Waals surface area contributed by atoms with Gasteiger partial charge < -0.3 is 35.8 Å². The highest BCUT2D eigenvalue weighted by Gasteiger charge is 2.54. The summed E-state index contributed by atoms with van der Waals surface area (Å²) in [6.07, 6.45) is -7.47. The Kier molecular flexibility index (Phi) is 7.30. The number of aliphatic hydroxyl groups excluding tert-OH is 1. The SMILES string of the molecule is C[C@H]1OP(=O)(O)O[C@@H]2C[C@@H](COP(=O)(O)O[C@H]3[C@@H](O)[C@H](n4cnc5c(N)ncnc54)O[C@@H]31)O[C@H]2n1cnc2c(=O)[nH]c(N)nc21. The number of rotatable bonds is 2. The second kappa shape index (κ2) is 10.9. The standard InChI is InChI=1S/C21H26N10O12P2/c1-7-13-14(12(32)20(40-13)30-5-26-10-15(22)24-4-25-16(10)30)43-44(34,35)38-3-8-2-9(42-45(36,37)41-7)19(39-8)31-6-27-11-17(31)28-21(23)29-18(11)33/h4-9,12-14,19-20,32H,2-3H2,1H3,(H,34,35)(H,36,37)(H2,22,24,25)(H3,23,28,29,33)/t7-,8+,9-,12-,13-,14+,19-,20-/m1/s1. The number of imidazole rings is 2. The van der Waals surface area contributed by atoms with Crippen LogP contribution in [0.2, 0.25) is 0 Å². The number of hydrogen-bond acceptors (Lipinski definition) is 17. The van der Waals surface area contributed by atoms with E-state index >= 15 is 0 Å². The van der Waals surface area contributed by atoms with Crippen LogP contribution in [0.3, 0.4) is 0 Å². The van der Waals surface area contributed by atoms with Crippen molar-refractivity contribution >= 4 is 49.7 Å². The molecule has 0 radical (unpaired) electrons. The second-order valence-electron chi connectivity index (χ2n) is 10.5. The van der Waals surface area contributed by atoms with Crippen LogP contribution in [-0.4, -0.2) is 97.2 Å². The number of ether oxygens (including phenoxy) is 2. The smallest absolute Gasteiger partial charge is 0.386 e. The highest BCUT2D eigenvalue weighted by molar-refractivity contribution is 7.47. The average molecular weight is 672 g/mol. The number of fused-ring (bicyclic) bond motifs is 5. The van der Waals surface area contributed by atoms with Gasteiger partial charge in [0.15, 0.2) is 35.1 Å². The van der Waals surface area contributed by atoms with Gasteiger partial charge in [0.1, 0.15) is 36.3 Å². The minimum Gasteiger partial charge on any atom is -0.386 e. The Morgan fingerprint density at radius 1 is 0.933 bits per heavy atom. The molecule has 3 fully saturated rings. The summed E-state index contributed by atoms with van der Waals surface area (Å²) in [6, 6.07) is 0. The number of nitrogens with zero attached hydrogens (tertiary/aromatic N) is 7. The van der Waals surface area contributed by atoms with Crippen molar-refractivity contribution in [1.29, 1.82) is 0 Å². The van der Waals surface area contributed by atoms with Gasteiger partial charge in [-0.05, 0) is 6.92 Å². The van der Waals surface area contributed by atoms with Gasteiger partial charge in [0.2, 0.25) is 5.95 Å². The lowest BCUT2D eigenvalue weighted by molar-refractivity contribution is -0.0870. The molecule has 22 nitrogen and oxygen atoms in total. The molecule has 2 bridgehead atoms. The first kappa shape index (κ1) is 30.3. The van der Waals surface area contributed by atoms with Crippen molar-refractivity contribution in [2.75, 3.05) is 18.1 Å². The van der Waals surface area contributed by atoms with E-state index in [0.717, 1.165) is 0 Å². The van der Waals surface area contributed by atoms with Gasteiger partial charge in [0.05, 0.1) is 31.5 Å². The van der Waals surface area contributed by atoms with Crippen LogP contribution in [0.1, 0.15) is 25.8 Å². The minimum atomic E-state index is -4.97. The van der Waals surface area contributed by atoms with E-state index in [0.29, 0.717) is 0 Å². The average Bonchev–Trinajstić information content (AvgIpc) is 3.72. The summed E-state index contributed by atoms with van der Waals surface area (Å²) in [4.78, 5) is 56.3. The van der Waals surface area contributed by atoms with Crippen molar-refractivity contribution in [3.05, 3.63) is 29.3 Å². The number of phosphoric ester groups is 2. The summed E-state index contributed by atoms with van der Waals surface area (Å²) in [6.45, 7) is 0.754. The summed E-state index contributed by atoms with van der Waals surface area (Å²) >= 11 is 0. The molecular formula is C21H26N10O12P2. The van der Waals surface area contributed by atoms with Gasteiger partial charge in [0.25, 0.3) is 5.56 Å². The van der Waals surface area contributed by atoms with Gasteiger partial charge in [-0.1, -0.05) is 0 Å². The maximum atomic E-state index is 13.4. The molecule has 24 heteroatoms. The summed E-state index contributed by atoms with van der Waals surface area (Å²) in [5.41, 5.74) is 11.2. The van der Waals surface area contributed by atoms with Crippen molar-refractivity contribution in [2.24, 2.45) is 0 Å². The Labute approximate surface area is 250 Å². The van der Waals surface area contributed by atoms with Crippen LogP contribution in [0.4, 0.5) is 11.8 Å². The molecule has 4 aromatic rings. The first-order chi connectivity index (χ1) is 21.3. The molecule has 0 aromatic carbocycles. The molecule has 3 aliphatic heterocycles. The molecule has 7 rings (SSSR count). The van der Waals surface area contributed by atoms with Crippen LogP contribution in [0.5, 0.6) is 0 Å². The van der Waals surface area contributed by atoms with Crippen LogP contribution >= 0.6 is 15.6 Å². The maximum Gasteiger partial charge on any atom is 0.472 e. The van der Waals surface area contributed by atoms with Gasteiger partial charge in [-0.2, -0.15) is 4.98 Å². The Morgan fingerprint density at radius 2 is 1.67 bits per heavy atom. The number of aliphatic hydroxyl groups is 1. The monoisotopic (exact) mass is 672 g/mol. The zero-order valence-electron chi connectivity index (χ0n) is 23.0. The largest absolute Gasteiger partial charge is 0.472 e. The summed E-state index contributed by atoms with van der Waals surface area (Å²) in [5.74, 6) is -0.167. The number of hydrogen-bond donors (Lipinski definition) is 6. The molecule has 0 aliphatic carbocycles. The van der Waals surface area contributed by atoms with E-state index < -0.39 is 76.9 Å².